The van der Waals surface area contributed by atoms with E-state index in [9.17, 15) is 4.79 Å². The lowest BCUT2D eigenvalue weighted by Gasteiger charge is -2.32. The first-order valence-electron chi connectivity index (χ1n) is 10.6. The van der Waals surface area contributed by atoms with E-state index < -0.39 is 0 Å². The third kappa shape index (κ3) is 4.59. The van der Waals surface area contributed by atoms with Crippen LogP contribution < -0.4 is 0 Å². The Bertz CT molecular complexity index is 1020. The minimum Gasteiger partial charge on any atom is -0.339 e. The van der Waals surface area contributed by atoms with Gasteiger partial charge in [0.25, 0.3) is 5.91 Å². The molecule has 1 aromatic heterocycles. The van der Waals surface area contributed by atoms with Crippen LogP contribution in [0.4, 0.5) is 0 Å². The van der Waals surface area contributed by atoms with Gasteiger partial charge in [-0.2, -0.15) is 4.98 Å². The number of amides is 1. The molecule has 0 bridgehead atoms. The van der Waals surface area contributed by atoms with E-state index in [0.717, 1.165) is 53.3 Å². The zero-order valence-corrected chi connectivity index (χ0v) is 18.3. The van der Waals surface area contributed by atoms with Gasteiger partial charge in [0.2, 0.25) is 11.7 Å². The number of thioether (sulfide) groups is 1. The first-order chi connectivity index (χ1) is 14.7. The second kappa shape index (κ2) is 9.47. The summed E-state index contributed by atoms with van der Waals surface area (Å²) in [6, 6.07) is 16.0. The van der Waals surface area contributed by atoms with Crippen molar-refractivity contribution in [2.24, 2.45) is 5.92 Å². The SMILES string of the molecule is CCSc1ccccc1C(=O)N1CCC[C@H](Cc2nc(-c3ccccc3C)no2)C1. The van der Waals surface area contributed by atoms with E-state index in [-0.39, 0.29) is 5.91 Å². The summed E-state index contributed by atoms with van der Waals surface area (Å²) in [5.74, 6) is 2.70. The highest BCUT2D eigenvalue weighted by Gasteiger charge is 2.27. The Kier molecular flexibility index (Phi) is 6.53. The van der Waals surface area contributed by atoms with Crippen molar-refractivity contribution in [1.82, 2.24) is 15.0 Å². The zero-order valence-electron chi connectivity index (χ0n) is 17.5. The molecule has 0 radical (unpaired) electrons. The maximum Gasteiger partial charge on any atom is 0.254 e. The standard InChI is InChI=1S/C24H27N3O2S/c1-3-30-21-13-7-6-12-20(21)24(28)27-14-8-10-18(16-27)15-22-25-23(26-29-22)19-11-5-4-9-17(19)2/h4-7,9,11-13,18H,3,8,10,14-16H2,1-2H3/t18-/m1/s1. The summed E-state index contributed by atoms with van der Waals surface area (Å²) in [7, 11) is 0. The molecule has 5 nitrogen and oxygen atoms in total. The van der Waals surface area contributed by atoms with Crippen LogP contribution in [0, 0.1) is 12.8 Å². The van der Waals surface area contributed by atoms with E-state index in [1.807, 2.05) is 60.4 Å². The van der Waals surface area contributed by atoms with Gasteiger partial charge in [-0.25, -0.2) is 0 Å². The Balaban J connectivity index is 1.44. The molecule has 0 saturated carbocycles. The number of benzene rings is 2. The molecular formula is C24H27N3O2S. The second-order valence-corrected chi connectivity index (χ2v) is 9.03. The minimum absolute atomic E-state index is 0.127. The number of hydrogen-bond donors (Lipinski definition) is 0. The third-order valence-corrected chi connectivity index (χ3v) is 6.50. The van der Waals surface area contributed by atoms with Crippen LogP contribution in [0.2, 0.25) is 0 Å². The van der Waals surface area contributed by atoms with Crippen LogP contribution in [-0.4, -0.2) is 39.8 Å². The first kappa shape index (κ1) is 20.7. The third-order valence-electron chi connectivity index (χ3n) is 5.54. The predicted octanol–water partition coefficient (Wildman–Crippen LogP) is 5.25. The molecule has 3 aromatic rings. The Morgan fingerprint density at radius 2 is 2.00 bits per heavy atom. The molecule has 1 atom stereocenters. The van der Waals surface area contributed by atoms with Crippen molar-refractivity contribution in [3.05, 3.63) is 65.5 Å². The van der Waals surface area contributed by atoms with Gasteiger partial charge in [-0.15, -0.1) is 11.8 Å². The molecule has 6 heteroatoms. The van der Waals surface area contributed by atoms with Crippen LogP contribution in [0.3, 0.4) is 0 Å². The molecule has 30 heavy (non-hydrogen) atoms. The molecule has 1 saturated heterocycles. The van der Waals surface area contributed by atoms with Crippen molar-refractivity contribution in [1.29, 1.82) is 0 Å². The van der Waals surface area contributed by atoms with E-state index in [1.165, 1.54) is 0 Å². The number of likely N-dealkylation sites (tertiary alicyclic amines) is 1. The van der Waals surface area contributed by atoms with Gasteiger partial charge in [0.1, 0.15) is 0 Å². The number of nitrogens with zero attached hydrogens (tertiary/aromatic N) is 3. The average Bonchev–Trinajstić information content (AvgIpc) is 3.22. The fraction of sp³-hybridized carbons (Fsp3) is 0.375. The van der Waals surface area contributed by atoms with Crippen molar-refractivity contribution < 1.29 is 9.32 Å². The lowest BCUT2D eigenvalue weighted by Crippen LogP contribution is -2.40. The van der Waals surface area contributed by atoms with Crippen LogP contribution in [0.15, 0.2) is 57.9 Å². The van der Waals surface area contributed by atoms with Gasteiger partial charge in [-0.1, -0.05) is 48.5 Å². The summed E-state index contributed by atoms with van der Waals surface area (Å²) in [5.41, 5.74) is 2.94. The van der Waals surface area contributed by atoms with Gasteiger partial charge < -0.3 is 9.42 Å². The van der Waals surface area contributed by atoms with Gasteiger partial charge in [-0.05, 0) is 49.1 Å². The van der Waals surface area contributed by atoms with Crippen molar-refractivity contribution >= 4 is 17.7 Å². The lowest BCUT2D eigenvalue weighted by molar-refractivity contribution is 0.0664. The Hall–Kier alpha value is -2.60. The van der Waals surface area contributed by atoms with Gasteiger partial charge in [0.15, 0.2) is 0 Å². The first-order valence-corrected chi connectivity index (χ1v) is 11.5. The number of aromatic nitrogens is 2. The molecule has 2 aromatic carbocycles. The minimum atomic E-state index is 0.127. The molecular weight excluding hydrogens is 394 g/mol. The number of piperidine rings is 1. The number of carbonyl (C=O) groups is 1. The largest absolute Gasteiger partial charge is 0.339 e. The van der Waals surface area contributed by atoms with Crippen LogP contribution in [-0.2, 0) is 6.42 Å². The number of aryl methyl sites for hydroxylation is 1. The van der Waals surface area contributed by atoms with Gasteiger partial charge in [0, 0.05) is 30.0 Å². The van der Waals surface area contributed by atoms with Crippen molar-refractivity contribution in [3.63, 3.8) is 0 Å². The monoisotopic (exact) mass is 421 g/mol. The molecule has 0 N–H and O–H groups in total. The van der Waals surface area contributed by atoms with E-state index in [0.29, 0.717) is 24.1 Å². The maximum absolute atomic E-state index is 13.2. The van der Waals surface area contributed by atoms with E-state index in [2.05, 4.69) is 17.1 Å². The molecule has 4 rings (SSSR count). The molecule has 2 heterocycles. The molecule has 0 aliphatic carbocycles. The van der Waals surface area contributed by atoms with Gasteiger partial charge >= 0.3 is 0 Å². The topological polar surface area (TPSA) is 59.2 Å². The molecule has 1 aliphatic heterocycles. The van der Waals surface area contributed by atoms with Crippen LogP contribution in [0.5, 0.6) is 0 Å². The highest BCUT2D eigenvalue weighted by Crippen LogP contribution is 2.27. The van der Waals surface area contributed by atoms with Crippen LogP contribution in [0.25, 0.3) is 11.4 Å². The highest BCUT2D eigenvalue weighted by molar-refractivity contribution is 7.99. The van der Waals surface area contributed by atoms with Crippen molar-refractivity contribution in [2.45, 2.75) is 38.0 Å². The summed E-state index contributed by atoms with van der Waals surface area (Å²) in [6.45, 7) is 5.69. The molecule has 1 amide bonds. The number of carbonyl (C=O) groups excluding carboxylic acids is 1. The van der Waals surface area contributed by atoms with Crippen LogP contribution >= 0.6 is 11.8 Å². The molecule has 1 aliphatic rings. The maximum atomic E-state index is 13.2. The Morgan fingerprint density at radius 1 is 1.20 bits per heavy atom. The Morgan fingerprint density at radius 3 is 2.83 bits per heavy atom. The predicted molar refractivity (Wildman–Crippen MR) is 120 cm³/mol. The average molecular weight is 422 g/mol. The van der Waals surface area contributed by atoms with Crippen molar-refractivity contribution in [2.75, 3.05) is 18.8 Å². The van der Waals surface area contributed by atoms with E-state index >= 15 is 0 Å². The summed E-state index contributed by atoms with van der Waals surface area (Å²) in [5, 5.41) is 4.18. The quantitative estimate of drug-likeness (QED) is 0.509. The summed E-state index contributed by atoms with van der Waals surface area (Å²) in [6.07, 6.45) is 2.77. The second-order valence-electron chi connectivity index (χ2n) is 7.72. The number of hydrogen-bond acceptors (Lipinski definition) is 5. The fourth-order valence-corrected chi connectivity index (χ4v) is 4.83. The van der Waals surface area contributed by atoms with E-state index in [4.69, 9.17) is 4.52 Å². The molecule has 0 unspecified atom stereocenters. The summed E-state index contributed by atoms with van der Waals surface area (Å²) < 4.78 is 5.54. The van der Waals surface area contributed by atoms with Crippen LogP contribution in [0.1, 0.15) is 41.6 Å². The lowest BCUT2D eigenvalue weighted by atomic mass is 9.94. The smallest absolute Gasteiger partial charge is 0.254 e. The molecule has 1 fully saturated rings. The zero-order chi connectivity index (χ0) is 20.9. The van der Waals surface area contributed by atoms with Gasteiger partial charge in [0.05, 0.1) is 5.56 Å². The molecule has 0 spiro atoms. The van der Waals surface area contributed by atoms with Gasteiger partial charge in [-0.3, -0.25) is 4.79 Å². The normalized spacial score (nSPS) is 16.6. The highest BCUT2D eigenvalue weighted by atomic mass is 32.2. The molecule has 156 valence electrons. The van der Waals surface area contributed by atoms with E-state index in [1.54, 1.807) is 11.8 Å². The summed E-state index contributed by atoms with van der Waals surface area (Å²) >= 11 is 1.72. The fourth-order valence-electron chi connectivity index (χ4n) is 4.03. The van der Waals surface area contributed by atoms with Crippen molar-refractivity contribution in [3.8, 4) is 11.4 Å². The summed E-state index contributed by atoms with van der Waals surface area (Å²) in [4.78, 5) is 20.8. The Labute approximate surface area is 181 Å². The number of rotatable bonds is 6.